The second kappa shape index (κ2) is 12.5. The molecule has 4 heteroatoms. The highest BCUT2D eigenvalue weighted by Crippen LogP contribution is 2.53. The van der Waals surface area contributed by atoms with E-state index in [1.807, 2.05) is 18.3 Å². The second-order valence-electron chi connectivity index (χ2n) is 14.9. The highest BCUT2D eigenvalue weighted by molar-refractivity contribution is 6.14. The van der Waals surface area contributed by atoms with Crippen LogP contribution in [-0.4, -0.2) is 16.7 Å². The zero-order valence-corrected chi connectivity index (χ0v) is 30.9. The number of hydrogen-bond acceptors (Lipinski definition) is 3. The van der Waals surface area contributed by atoms with E-state index in [0.29, 0.717) is 0 Å². The zero-order valence-electron chi connectivity index (χ0n) is 30.9. The number of aromatic nitrogens is 1. The molecule has 4 nitrogen and oxygen atoms in total. The first-order chi connectivity index (χ1) is 28.3. The Morgan fingerprint density at radius 2 is 1.23 bits per heavy atom. The minimum absolute atomic E-state index is 0.0115. The van der Waals surface area contributed by atoms with Crippen LogP contribution in [0.2, 0.25) is 0 Å². The van der Waals surface area contributed by atoms with Crippen molar-refractivity contribution in [2.24, 2.45) is 0 Å². The van der Waals surface area contributed by atoms with E-state index >= 15 is 0 Å². The lowest BCUT2D eigenvalue weighted by Gasteiger charge is -2.36. The lowest BCUT2D eigenvalue weighted by molar-refractivity contribution is 0.670. The predicted molar refractivity (Wildman–Crippen MR) is 236 cm³/mol. The summed E-state index contributed by atoms with van der Waals surface area (Å²) < 4.78 is 8.99. The molecule has 3 aliphatic rings. The van der Waals surface area contributed by atoms with Crippen molar-refractivity contribution in [3.63, 3.8) is 0 Å². The third-order valence-corrected chi connectivity index (χ3v) is 11.8. The van der Waals surface area contributed by atoms with Crippen molar-refractivity contribution in [2.75, 3.05) is 4.90 Å². The number of hydrogen-bond donors (Lipinski definition) is 0. The summed E-state index contributed by atoms with van der Waals surface area (Å²) in [7, 11) is 0. The average Bonchev–Trinajstić information content (AvgIpc) is 3.67. The van der Waals surface area contributed by atoms with Crippen LogP contribution in [0.4, 0.5) is 22.7 Å². The predicted octanol–water partition coefficient (Wildman–Crippen LogP) is 13.6. The van der Waals surface area contributed by atoms with Gasteiger partial charge in [0.2, 0.25) is 17.1 Å². The molecule has 0 fully saturated rings. The monoisotopic (exact) mass is 728 g/mol. The molecule has 0 saturated heterocycles. The molecule has 12 rings (SSSR count). The summed E-state index contributed by atoms with van der Waals surface area (Å²) in [6, 6.07) is 61.1. The molecule has 9 aromatic rings. The van der Waals surface area contributed by atoms with Crippen molar-refractivity contribution < 1.29 is 4.42 Å². The van der Waals surface area contributed by atoms with Crippen molar-refractivity contribution in [3.05, 3.63) is 200 Å². The number of allylic oxidation sites excluding steroid dienone is 2. The van der Waals surface area contributed by atoms with Crippen LogP contribution in [0, 0.1) is 0 Å². The summed E-state index contributed by atoms with van der Waals surface area (Å²) in [5.41, 5.74) is 18.7. The molecule has 0 saturated carbocycles. The number of furan rings is 1. The fourth-order valence-electron chi connectivity index (χ4n) is 9.29. The first kappa shape index (κ1) is 31.8. The quantitative estimate of drug-likeness (QED) is 0.170. The first-order valence-electron chi connectivity index (χ1n) is 19.5. The van der Waals surface area contributed by atoms with Gasteiger partial charge in [-0.1, -0.05) is 133 Å². The Morgan fingerprint density at radius 3 is 2.09 bits per heavy atom. The molecular formula is C53H34N3O+. The van der Waals surface area contributed by atoms with Gasteiger partial charge in [0, 0.05) is 63.6 Å². The minimum atomic E-state index is -0.0115. The topological polar surface area (TPSA) is 32.3 Å². The first-order valence-corrected chi connectivity index (χ1v) is 19.5. The van der Waals surface area contributed by atoms with Crippen molar-refractivity contribution in [1.29, 1.82) is 0 Å². The van der Waals surface area contributed by atoms with Gasteiger partial charge < -0.3 is 9.32 Å². The summed E-state index contributed by atoms with van der Waals surface area (Å²) >= 11 is 0. The number of anilines is 2. The van der Waals surface area contributed by atoms with Gasteiger partial charge in [0.15, 0.2) is 0 Å². The maximum Gasteiger partial charge on any atom is 0.236 e. The van der Waals surface area contributed by atoms with Gasteiger partial charge in [-0.3, -0.25) is 4.98 Å². The Labute approximate surface area is 330 Å². The molecule has 7 aromatic carbocycles. The smallest absolute Gasteiger partial charge is 0.236 e. The van der Waals surface area contributed by atoms with Crippen LogP contribution in [0.1, 0.15) is 0 Å². The van der Waals surface area contributed by atoms with Crippen molar-refractivity contribution in [3.8, 4) is 55.8 Å². The molecule has 0 bridgehead atoms. The maximum atomic E-state index is 6.55. The number of pyridine rings is 1. The largest absolute Gasteiger partial charge is 0.455 e. The van der Waals surface area contributed by atoms with Crippen molar-refractivity contribution in [1.82, 2.24) is 9.56 Å². The van der Waals surface area contributed by atoms with Crippen LogP contribution in [-0.2, 0) is 0 Å². The van der Waals surface area contributed by atoms with E-state index < -0.39 is 0 Å². The van der Waals surface area contributed by atoms with Crippen LogP contribution >= 0.6 is 0 Å². The van der Waals surface area contributed by atoms with E-state index in [1.165, 1.54) is 11.3 Å². The SMILES string of the molecule is C1=CC2=[N+](c3ccccc3)c3cc4c(cc3N(c3ccccc3)C2C=C1)-c1ncccc1-c1ccc(-c2cccc3c2oc2ccccc23)cc1-c1ccccc1-4. The molecule has 1 atom stereocenters. The van der Waals surface area contributed by atoms with E-state index in [-0.39, 0.29) is 6.04 Å². The summed E-state index contributed by atoms with van der Waals surface area (Å²) in [5.74, 6) is 0. The average molecular weight is 729 g/mol. The van der Waals surface area contributed by atoms with E-state index in [1.54, 1.807) is 0 Å². The molecule has 266 valence electrons. The molecule has 0 radical (unpaired) electrons. The van der Waals surface area contributed by atoms with E-state index in [0.717, 1.165) is 94.9 Å². The van der Waals surface area contributed by atoms with Crippen molar-refractivity contribution in [2.45, 2.75) is 6.04 Å². The normalized spacial score (nSPS) is 14.9. The van der Waals surface area contributed by atoms with Gasteiger partial charge in [-0.25, -0.2) is 0 Å². The number of nitrogens with zero attached hydrogens (tertiary/aromatic N) is 3. The zero-order chi connectivity index (χ0) is 37.5. The van der Waals surface area contributed by atoms with Gasteiger partial charge in [-0.05, 0) is 69.8 Å². The molecule has 1 unspecified atom stereocenters. The number of fused-ring (bicyclic) bond motifs is 13. The van der Waals surface area contributed by atoms with Gasteiger partial charge in [0.25, 0.3) is 0 Å². The number of para-hydroxylation sites is 4. The summed E-state index contributed by atoms with van der Waals surface area (Å²) in [5, 5.41) is 2.25. The fraction of sp³-hybridized carbons (Fsp3) is 0.0189. The molecule has 3 heterocycles. The van der Waals surface area contributed by atoms with E-state index in [2.05, 4.69) is 192 Å². The van der Waals surface area contributed by atoms with Gasteiger partial charge in [0.1, 0.15) is 22.9 Å². The van der Waals surface area contributed by atoms with Gasteiger partial charge >= 0.3 is 0 Å². The number of rotatable bonds is 3. The van der Waals surface area contributed by atoms with Gasteiger partial charge in [-0.2, -0.15) is 4.58 Å². The van der Waals surface area contributed by atoms with E-state index in [4.69, 9.17) is 9.40 Å². The Hall–Kier alpha value is -7.56. The summed E-state index contributed by atoms with van der Waals surface area (Å²) in [6.07, 6.45) is 10.8. The highest BCUT2D eigenvalue weighted by atomic mass is 16.3. The van der Waals surface area contributed by atoms with Crippen molar-refractivity contribution >= 4 is 50.4 Å². The Kier molecular flexibility index (Phi) is 6.96. The molecule has 1 aliphatic heterocycles. The van der Waals surface area contributed by atoms with E-state index in [9.17, 15) is 0 Å². The molecule has 0 N–H and O–H groups in total. The van der Waals surface area contributed by atoms with Crippen LogP contribution in [0.15, 0.2) is 205 Å². The molecule has 0 spiro atoms. The lowest BCUT2D eigenvalue weighted by Crippen LogP contribution is -2.44. The number of benzene rings is 7. The van der Waals surface area contributed by atoms with Crippen LogP contribution in [0.3, 0.4) is 0 Å². The summed E-state index contributed by atoms with van der Waals surface area (Å²) in [6.45, 7) is 0. The fourth-order valence-corrected chi connectivity index (χ4v) is 9.29. The summed E-state index contributed by atoms with van der Waals surface area (Å²) in [4.78, 5) is 7.69. The third-order valence-electron chi connectivity index (χ3n) is 11.8. The molecule has 0 amide bonds. The molecule has 57 heavy (non-hydrogen) atoms. The Morgan fingerprint density at radius 1 is 0.526 bits per heavy atom. The standard InChI is InChI=1S/C53H34N3O/c1-3-15-35(16-4-1)55-47-25-10-11-26-48(47)56(36-17-5-2-6-18-36)50-33-46-45(32-49(50)55)39-20-8-7-19-38(39)44-31-34(28-29-40(44)42-24-14-30-54-52(42)46)37-22-13-23-43-41-21-9-12-27-51(41)57-53(37)43/h1-33,48H/q+1. The maximum absolute atomic E-state index is 6.55. The Bertz CT molecular complexity index is 3190. The Balaban J connectivity index is 1.15. The highest BCUT2D eigenvalue weighted by Gasteiger charge is 2.41. The van der Waals surface area contributed by atoms with Crippen LogP contribution < -0.4 is 9.48 Å². The van der Waals surface area contributed by atoms with Crippen LogP contribution in [0.25, 0.3) is 77.7 Å². The lowest BCUT2D eigenvalue weighted by atomic mass is 9.81. The van der Waals surface area contributed by atoms with Gasteiger partial charge in [0.05, 0.1) is 5.69 Å². The second-order valence-corrected chi connectivity index (χ2v) is 14.9. The minimum Gasteiger partial charge on any atom is -0.455 e. The molecule has 2 aliphatic carbocycles. The molecular weight excluding hydrogens is 695 g/mol. The molecule has 2 aromatic heterocycles. The third kappa shape index (κ3) is 4.81. The van der Waals surface area contributed by atoms with Gasteiger partial charge in [-0.15, -0.1) is 0 Å². The van der Waals surface area contributed by atoms with Crippen LogP contribution in [0.5, 0.6) is 0 Å².